The number of rotatable bonds is 8. The molecule has 0 bridgehead atoms. The summed E-state index contributed by atoms with van der Waals surface area (Å²) in [4.78, 5) is 62.1. The number of ether oxygens (including phenoxy) is 1. The van der Waals surface area contributed by atoms with E-state index in [-0.39, 0.29) is 29.6 Å². The second kappa shape index (κ2) is 9.31. The van der Waals surface area contributed by atoms with E-state index in [9.17, 15) is 24.0 Å². The molecule has 1 heterocycles. The summed E-state index contributed by atoms with van der Waals surface area (Å²) in [5, 5.41) is 4.95. The molecule has 156 valence electrons. The Kier molecular flexibility index (Phi) is 7.08. The summed E-state index contributed by atoms with van der Waals surface area (Å²) in [6.45, 7) is 6.04. The molecule has 9 nitrogen and oxygen atoms in total. The summed E-state index contributed by atoms with van der Waals surface area (Å²) in [7, 11) is 0. The van der Waals surface area contributed by atoms with Crippen molar-refractivity contribution in [3.63, 3.8) is 0 Å². The van der Waals surface area contributed by atoms with Crippen molar-refractivity contribution in [3.8, 4) is 0 Å². The molecule has 0 spiro atoms. The number of carbonyl (C=O) groups excluding carboxylic acids is 5. The van der Waals surface area contributed by atoms with Crippen molar-refractivity contribution in [3.05, 3.63) is 35.4 Å². The fourth-order valence-electron chi connectivity index (χ4n) is 2.96. The van der Waals surface area contributed by atoms with Gasteiger partial charge in [-0.25, -0.2) is 4.79 Å². The van der Waals surface area contributed by atoms with Crippen LogP contribution in [0.15, 0.2) is 24.3 Å². The molecule has 0 radical (unpaired) electrons. The van der Waals surface area contributed by atoms with Crippen molar-refractivity contribution < 1.29 is 28.7 Å². The third kappa shape index (κ3) is 5.18. The Hall–Kier alpha value is -3.23. The fourth-order valence-corrected chi connectivity index (χ4v) is 2.96. The van der Waals surface area contributed by atoms with E-state index in [1.165, 1.54) is 12.1 Å². The van der Waals surface area contributed by atoms with Crippen LogP contribution in [-0.4, -0.2) is 59.7 Å². The van der Waals surface area contributed by atoms with Gasteiger partial charge in [0.1, 0.15) is 6.04 Å². The van der Waals surface area contributed by atoms with Gasteiger partial charge in [0.2, 0.25) is 5.91 Å². The van der Waals surface area contributed by atoms with Gasteiger partial charge in [0.05, 0.1) is 17.7 Å². The highest BCUT2D eigenvalue weighted by Gasteiger charge is 2.44. The van der Waals surface area contributed by atoms with Crippen molar-refractivity contribution in [1.82, 2.24) is 15.5 Å². The number of hydrogen-bond acceptors (Lipinski definition) is 6. The smallest absolute Gasteiger partial charge is 0.330 e. The average molecular weight is 403 g/mol. The Bertz CT molecular complexity index is 798. The maximum atomic E-state index is 12.6. The molecule has 0 unspecified atom stereocenters. The molecule has 1 aliphatic rings. The van der Waals surface area contributed by atoms with E-state index in [0.717, 1.165) is 4.90 Å². The van der Waals surface area contributed by atoms with E-state index in [1.54, 1.807) is 39.8 Å². The number of imide groups is 1. The van der Waals surface area contributed by atoms with Gasteiger partial charge in [-0.15, -0.1) is 0 Å². The standard InChI is InChI=1S/C20H25N3O6/c1-11(2)17(23-18(26)13-7-5-6-8-14(13)19(23)27)20(28)29-10-16(25)21-9-15(24)22-12(3)4/h5-8,11-12,17H,9-10H2,1-4H3,(H,21,25)(H,22,24)/t17-/m1/s1. The lowest BCUT2D eigenvalue weighted by Gasteiger charge is -2.27. The Morgan fingerprint density at radius 2 is 1.52 bits per heavy atom. The normalized spacial score (nSPS) is 14.1. The van der Waals surface area contributed by atoms with Crippen LogP contribution in [0.5, 0.6) is 0 Å². The van der Waals surface area contributed by atoms with Gasteiger partial charge in [-0.1, -0.05) is 26.0 Å². The molecule has 2 N–H and O–H groups in total. The summed E-state index contributed by atoms with van der Waals surface area (Å²) in [6.07, 6.45) is 0. The van der Waals surface area contributed by atoms with E-state index in [4.69, 9.17) is 4.74 Å². The predicted octanol–water partition coefficient (Wildman–Crippen LogP) is 0.491. The number of benzene rings is 1. The highest BCUT2D eigenvalue weighted by atomic mass is 16.5. The third-order valence-electron chi connectivity index (χ3n) is 4.22. The lowest BCUT2D eigenvalue weighted by Crippen LogP contribution is -2.49. The third-order valence-corrected chi connectivity index (χ3v) is 4.22. The van der Waals surface area contributed by atoms with E-state index in [2.05, 4.69) is 10.6 Å². The second-order valence-electron chi connectivity index (χ2n) is 7.32. The monoisotopic (exact) mass is 403 g/mol. The average Bonchev–Trinajstić information content (AvgIpc) is 2.89. The molecule has 0 aliphatic carbocycles. The van der Waals surface area contributed by atoms with Crippen LogP contribution in [0.1, 0.15) is 48.4 Å². The summed E-state index contributed by atoms with van der Waals surface area (Å²) in [6, 6.07) is 5.08. The highest BCUT2D eigenvalue weighted by molar-refractivity contribution is 6.22. The lowest BCUT2D eigenvalue weighted by molar-refractivity contribution is -0.153. The summed E-state index contributed by atoms with van der Waals surface area (Å²) in [5.41, 5.74) is 0.453. The minimum absolute atomic E-state index is 0.0660. The molecule has 1 aromatic carbocycles. The molecule has 9 heteroatoms. The van der Waals surface area contributed by atoms with E-state index >= 15 is 0 Å². The molecule has 0 aromatic heterocycles. The number of carbonyl (C=O) groups is 5. The molecule has 4 amide bonds. The van der Waals surface area contributed by atoms with Gasteiger partial charge in [-0.2, -0.15) is 0 Å². The predicted molar refractivity (Wildman–Crippen MR) is 103 cm³/mol. The number of nitrogens with one attached hydrogen (secondary N) is 2. The lowest BCUT2D eigenvalue weighted by atomic mass is 10.0. The van der Waals surface area contributed by atoms with Gasteiger partial charge in [0.25, 0.3) is 17.7 Å². The summed E-state index contributed by atoms with van der Waals surface area (Å²) < 4.78 is 5.02. The van der Waals surface area contributed by atoms with Crippen LogP contribution in [0, 0.1) is 5.92 Å². The molecular formula is C20H25N3O6. The first-order valence-electron chi connectivity index (χ1n) is 9.33. The van der Waals surface area contributed by atoms with Crippen molar-refractivity contribution in [2.75, 3.05) is 13.2 Å². The number of fused-ring (bicyclic) bond motifs is 1. The molecule has 1 aliphatic heterocycles. The minimum Gasteiger partial charge on any atom is -0.454 e. The molecular weight excluding hydrogens is 378 g/mol. The maximum Gasteiger partial charge on any atom is 0.330 e. The molecule has 0 saturated carbocycles. The van der Waals surface area contributed by atoms with Crippen LogP contribution in [0.25, 0.3) is 0 Å². The van der Waals surface area contributed by atoms with Crippen LogP contribution < -0.4 is 10.6 Å². The Morgan fingerprint density at radius 1 is 0.966 bits per heavy atom. The van der Waals surface area contributed by atoms with Crippen LogP contribution in [0.2, 0.25) is 0 Å². The first kappa shape index (κ1) is 22.1. The second-order valence-corrected chi connectivity index (χ2v) is 7.32. The number of esters is 1. The molecule has 2 rings (SSSR count). The van der Waals surface area contributed by atoms with Crippen LogP contribution >= 0.6 is 0 Å². The van der Waals surface area contributed by atoms with Crippen molar-refractivity contribution in [2.45, 2.75) is 39.8 Å². The van der Waals surface area contributed by atoms with Gasteiger partial charge in [0.15, 0.2) is 6.61 Å². The van der Waals surface area contributed by atoms with Crippen LogP contribution in [0.3, 0.4) is 0 Å². The zero-order valence-corrected chi connectivity index (χ0v) is 16.9. The van der Waals surface area contributed by atoms with E-state index in [1.807, 2.05) is 0 Å². The van der Waals surface area contributed by atoms with E-state index < -0.39 is 42.3 Å². The maximum absolute atomic E-state index is 12.6. The zero-order chi connectivity index (χ0) is 21.7. The van der Waals surface area contributed by atoms with Crippen LogP contribution in [0.4, 0.5) is 0 Å². The van der Waals surface area contributed by atoms with Gasteiger partial charge in [-0.05, 0) is 31.9 Å². The van der Waals surface area contributed by atoms with Gasteiger partial charge < -0.3 is 15.4 Å². The minimum atomic E-state index is -1.17. The Balaban J connectivity index is 1.99. The summed E-state index contributed by atoms with van der Waals surface area (Å²) >= 11 is 0. The molecule has 1 atom stereocenters. The zero-order valence-electron chi connectivity index (χ0n) is 16.9. The molecule has 29 heavy (non-hydrogen) atoms. The molecule has 0 saturated heterocycles. The van der Waals surface area contributed by atoms with Crippen LogP contribution in [-0.2, 0) is 19.1 Å². The molecule has 0 fully saturated rings. The number of nitrogens with zero attached hydrogens (tertiary/aromatic N) is 1. The topological polar surface area (TPSA) is 122 Å². The van der Waals surface area contributed by atoms with Gasteiger partial charge in [-0.3, -0.25) is 24.1 Å². The number of amides is 4. The SMILES string of the molecule is CC(C)NC(=O)CNC(=O)COC(=O)[C@@H](C(C)C)N1C(=O)c2ccccc2C1=O. The largest absolute Gasteiger partial charge is 0.454 e. The van der Waals surface area contributed by atoms with Gasteiger partial charge >= 0.3 is 5.97 Å². The highest BCUT2D eigenvalue weighted by Crippen LogP contribution is 2.27. The Labute approximate surface area is 168 Å². The summed E-state index contributed by atoms with van der Waals surface area (Å²) in [5.74, 6) is -3.47. The number of hydrogen-bond donors (Lipinski definition) is 2. The van der Waals surface area contributed by atoms with Crippen molar-refractivity contribution in [1.29, 1.82) is 0 Å². The Morgan fingerprint density at radius 3 is 2.00 bits per heavy atom. The van der Waals surface area contributed by atoms with E-state index in [0.29, 0.717) is 0 Å². The first-order chi connectivity index (χ1) is 13.6. The van der Waals surface area contributed by atoms with Gasteiger partial charge in [0, 0.05) is 6.04 Å². The molecule has 1 aromatic rings. The van der Waals surface area contributed by atoms with Crippen molar-refractivity contribution >= 4 is 29.6 Å². The van der Waals surface area contributed by atoms with Crippen molar-refractivity contribution in [2.24, 2.45) is 5.92 Å². The fraction of sp³-hybridized carbons (Fsp3) is 0.450. The quantitative estimate of drug-likeness (QED) is 0.481. The first-order valence-corrected chi connectivity index (χ1v) is 9.33.